The minimum absolute atomic E-state index is 0.242. The van der Waals surface area contributed by atoms with E-state index in [0.29, 0.717) is 0 Å². The molecule has 0 amide bonds. The highest BCUT2D eigenvalue weighted by Gasteiger charge is 2.05. The van der Waals surface area contributed by atoms with Gasteiger partial charge in [0.15, 0.2) is 5.78 Å². The number of hydrogen-bond acceptors (Lipinski definition) is 4. The average Bonchev–Trinajstić information content (AvgIpc) is 2.44. The van der Waals surface area contributed by atoms with Crippen LogP contribution in [-0.4, -0.2) is 23.8 Å². The molecule has 4 heteroatoms. The van der Waals surface area contributed by atoms with Gasteiger partial charge in [0.2, 0.25) is 0 Å². The summed E-state index contributed by atoms with van der Waals surface area (Å²) in [7, 11) is 1.26. The number of carbonyl (C=O) groups excluding carboxylic acids is 2. The van der Waals surface area contributed by atoms with E-state index >= 15 is 0 Å². The smallest absolute Gasteiger partial charge is 0.313 e. The first kappa shape index (κ1) is 13.0. The summed E-state index contributed by atoms with van der Waals surface area (Å²) in [5, 5.41) is 1.00. The van der Waals surface area contributed by atoms with Gasteiger partial charge in [0.25, 0.3) is 0 Å². The number of rotatable bonds is 4. The van der Waals surface area contributed by atoms with Gasteiger partial charge >= 0.3 is 5.97 Å². The number of benzene rings is 1. The molecule has 2 aromatic rings. The molecule has 1 aromatic heterocycles. The van der Waals surface area contributed by atoms with Gasteiger partial charge in [-0.1, -0.05) is 18.2 Å². The molecule has 4 nitrogen and oxygen atoms in total. The Morgan fingerprint density at radius 2 is 2.11 bits per heavy atom. The van der Waals surface area contributed by atoms with Crippen molar-refractivity contribution in [1.29, 1.82) is 0 Å². The van der Waals surface area contributed by atoms with Crippen molar-refractivity contribution in [2.75, 3.05) is 7.11 Å². The predicted octanol–water partition coefficient (Wildman–Crippen LogP) is 2.38. The Morgan fingerprint density at radius 1 is 1.32 bits per heavy atom. The average molecular weight is 255 g/mol. The molecule has 0 N–H and O–H groups in total. The zero-order chi connectivity index (χ0) is 13.7. The maximum atomic E-state index is 11.4. The maximum absolute atomic E-state index is 11.4. The number of pyridine rings is 1. The summed E-state index contributed by atoms with van der Waals surface area (Å²) >= 11 is 0. The molecule has 0 unspecified atom stereocenters. The van der Waals surface area contributed by atoms with Gasteiger partial charge in [0.05, 0.1) is 12.6 Å². The van der Waals surface area contributed by atoms with Crippen molar-refractivity contribution in [2.45, 2.75) is 6.42 Å². The van der Waals surface area contributed by atoms with Crippen LogP contribution < -0.4 is 0 Å². The lowest BCUT2D eigenvalue weighted by molar-refractivity contribution is -0.142. The molecule has 0 spiro atoms. The Bertz CT molecular complexity index is 647. The lowest BCUT2D eigenvalue weighted by atomic mass is 10.1. The largest absolute Gasteiger partial charge is 0.469 e. The normalized spacial score (nSPS) is 10.8. The Labute approximate surface area is 110 Å². The van der Waals surface area contributed by atoms with Crippen LogP contribution in [-0.2, 0) is 14.3 Å². The van der Waals surface area contributed by atoms with Crippen molar-refractivity contribution in [1.82, 2.24) is 4.98 Å². The highest BCUT2D eigenvalue weighted by atomic mass is 16.5. The van der Waals surface area contributed by atoms with Gasteiger partial charge < -0.3 is 4.74 Å². The molecule has 0 saturated carbocycles. The minimum atomic E-state index is -0.536. The number of allylic oxidation sites excluding steroid dienone is 1. The third-order valence-corrected chi connectivity index (χ3v) is 2.62. The monoisotopic (exact) mass is 255 g/mol. The van der Waals surface area contributed by atoms with Crippen LogP contribution in [0.25, 0.3) is 17.0 Å². The second-order valence-electron chi connectivity index (χ2n) is 4.01. The van der Waals surface area contributed by atoms with E-state index in [9.17, 15) is 9.59 Å². The van der Waals surface area contributed by atoms with E-state index in [1.165, 1.54) is 13.2 Å². The summed E-state index contributed by atoms with van der Waals surface area (Å²) in [6, 6.07) is 9.66. The van der Waals surface area contributed by atoms with E-state index < -0.39 is 5.97 Å². The maximum Gasteiger partial charge on any atom is 0.313 e. The molecule has 0 aliphatic rings. The van der Waals surface area contributed by atoms with Gasteiger partial charge in [0.1, 0.15) is 6.42 Å². The number of fused-ring (bicyclic) bond motifs is 1. The number of carbonyl (C=O) groups is 2. The first-order valence-corrected chi connectivity index (χ1v) is 5.81. The van der Waals surface area contributed by atoms with Gasteiger partial charge in [-0.2, -0.15) is 0 Å². The molecule has 0 fully saturated rings. The van der Waals surface area contributed by atoms with Crippen LogP contribution in [0.5, 0.6) is 0 Å². The zero-order valence-corrected chi connectivity index (χ0v) is 10.5. The number of aromatic nitrogens is 1. The van der Waals surface area contributed by atoms with Gasteiger partial charge in [-0.05, 0) is 29.8 Å². The van der Waals surface area contributed by atoms with E-state index in [1.54, 1.807) is 12.3 Å². The summed E-state index contributed by atoms with van der Waals surface area (Å²) in [6.07, 6.45) is 4.45. The molecule has 2 rings (SSSR count). The van der Waals surface area contributed by atoms with Crippen LogP contribution >= 0.6 is 0 Å². The second-order valence-corrected chi connectivity index (χ2v) is 4.01. The van der Waals surface area contributed by atoms with Crippen molar-refractivity contribution in [3.63, 3.8) is 0 Å². The van der Waals surface area contributed by atoms with Crippen LogP contribution in [0.1, 0.15) is 12.0 Å². The molecule has 1 aromatic carbocycles. The number of para-hydroxylation sites is 1. The van der Waals surface area contributed by atoms with E-state index in [0.717, 1.165) is 16.5 Å². The molecule has 1 heterocycles. The number of ether oxygens (including phenoxy) is 1. The lowest BCUT2D eigenvalue weighted by Crippen LogP contribution is -2.06. The van der Waals surface area contributed by atoms with Crippen molar-refractivity contribution < 1.29 is 14.3 Å². The Hall–Kier alpha value is -2.49. The van der Waals surface area contributed by atoms with Crippen LogP contribution in [0.3, 0.4) is 0 Å². The van der Waals surface area contributed by atoms with E-state index in [4.69, 9.17) is 0 Å². The molecule has 96 valence electrons. The fraction of sp³-hybridized carbons (Fsp3) is 0.133. The Morgan fingerprint density at radius 3 is 2.89 bits per heavy atom. The predicted molar refractivity (Wildman–Crippen MR) is 72.4 cm³/mol. The topological polar surface area (TPSA) is 56.3 Å². The van der Waals surface area contributed by atoms with E-state index in [-0.39, 0.29) is 12.2 Å². The molecule has 0 atom stereocenters. The van der Waals surface area contributed by atoms with E-state index in [1.807, 2.05) is 30.3 Å². The zero-order valence-electron chi connectivity index (χ0n) is 10.5. The van der Waals surface area contributed by atoms with Crippen molar-refractivity contribution in [2.24, 2.45) is 0 Å². The van der Waals surface area contributed by atoms with Crippen molar-refractivity contribution in [3.8, 4) is 0 Å². The Balaban J connectivity index is 2.12. The first-order chi connectivity index (χ1) is 9.19. The Kier molecular flexibility index (Phi) is 4.03. The second kappa shape index (κ2) is 5.91. The number of methoxy groups -OCH3 is 1. The third kappa shape index (κ3) is 3.48. The number of ketones is 1. The minimum Gasteiger partial charge on any atom is -0.469 e. The third-order valence-electron chi connectivity index (χ3n) is 2.62. The summed E-state index contributed by atoms with van der Waals surface area (Å²) in [5.74, 6) is -0.828. The molecular weight excluding hydrogens is 242 g/mol. The molecule has 19 heavy (non-hydrogen) atoms. The standard InChI is InChI=1S/C15H13NO3/c1-19-15(18)9-13(17)7-6-11-8-12-4-2-3-5-14(12)16-10-11/h2-8,10H,9H2,1H3. The van der Waals surface area contributed by atoms with Crippen LogP contribution in [0.15, 0.2) is 42.6 Å². The summed E-state index contributed by atoms with van der Waals surface area (Å²) < 4.78 is 4.42. The fourth-order valence-corrected chi connectivity index (χ4v) is 1.64. The fourth-order valence-electron chi connectivity index (χ4n) is 1.64. The van der Waals surface area contributed by atoms with Gasteiger partial charge in [-0.3, -0.25) is 14.6 Å². The van der Waals surface area contributed by atoms with Crippen molar-refractivity contribution >= 4 is 28.7 Å². The highest BCUT2D eigenvalue weighted by Crippen LogP contribution is 2.13. The quantitative estimate of drug-likeness (QED) is 0.478. The molecule has 0 aliphatic heterocycles. The molecule has 0 saturated heterocycles. The number of hydrogen-bond donors (Lipinski definition) is 0. The molecule has 0 radical (unpaired) electrons. The van der Waals surface area contributed by atoms with Crippen LogP contribution in [0.4, 0.5) is 0 Å². The lowest BCUT2D eigenvalue weighted by Gasteiger charge is -1.98. The van der Waals surface area contributed by atoms with E-state index in [2.05, 4.69) is 9.72 Å². The SMILES string of the molecule is COC(=O)CC(=O)C=Cc1cnc2ccccc2c1. The molecular formula is C15H13NO3. The van der Waals surface area contributed by atoms with Gasteiger partial charge in [-0.15, -0.1) is 0 Å². The van der Waals surface area contributed by atoms with Crippen molar-refractivity contribution in [3.05, 3.63) is 48.2 Å². The number of nitrogens with zero attached hydrogens (tertiary/aromatic N) is 1. The molecule has 0 aliphatic carbocycles. The van der Waals surface area contributed by atoms with Crippen LogP contribution in [0, 0.1) is 0 Å². The molecule has 0 bridgehead atoms. The highest BCUT2D eigenvalue weighted by molar-refractivity contribution is 6.04. The summed E-state index contributed by atoms with van der Waals surface area (Å²) in [6.45, 7) is 0. The summed E-state index contributed by atoms with van der Waals surface area (Å²) in [5.41, 5.74) is 1.72. The van der Waals surface area contributed by atoms with Gasteiger partial charge in [0, 0.05) is 11.6 Å². The van der Waals surface area contributed by atoms with Gasteiger partial charge in [-0.25, -0.2) is 0 Å². The number of esters is 1. The first-order valence-electron chi connectivity index (χ1n) is 5.81. The van der Waals surface area contributed by atoms with Crippen LogP contribution in [0.2, 0.25) is 0 Å². The summed E-state index contributed by atoms with van der Waals surface area (Å²) in [4.78, 5) is 26.6.